The molecule has 0 aliphatic rings. The first-order chi connectivity index (χ1) is 7.72. The predicted octanol–water partition coefficient (Wildman–Crippen LogP) is 1.79. The van der Waals surface area contributed by atoms with Crippen molar-refractivity contribution in [3.63, 3.8) is 0 Å². The molecular weight excluding hydrogens is 200 g/mol. The van der Waals surface area contributed by atoms with Crippen LogP contribution in [0.4, 0.5) is 0 Å². The Morgan fingerprint density at radius 2 is 2.19 bits per heavy atom. The van der Waals surface area contributed by atoms with Crippen molar-refractivity contribution in [1.82, 2.24) is 15.0 Å². The highest BCUT2D eigenvalue weighted by molar-refractivity contribution is 5.70. The Labute approximate surface area is 95.3 Å². The topological polar surface area (TPSA) is 67.6 Å². The number of rotatable bonds is 4. The normalized spacial score (nSPS) is 13.2. The summed E-state index contributed by atoms with van der Waals surface area (Å²) in [5.74, 6) is 1.49. The quantitative estimate of drug-likeness (QED) is 0.822. The molecule has 1 atom stereocenters. The highest BCUT2D eigenvalue weighted by atomic mass is 15.0. The second-order valence-electron chi connectivity index (χ2n) is 4.22. The number of aromatic amines is 1. The zero-order valence-corrected chi connectivity index (χ0v) is 9.83. The van der Waals surface area contributed by atoms with E-state index in [-0.39, 0.29) is 0 Å². The number of nitrogens with two attached hydrogens (primary N) is 1. The van der Waals surface area contributed by atoms with Gasteiger partial charge in [-0.1, -0.05) is 13.3 Å². The Morgan fingerprint density at radius 3 is 2.88 bits per heavy atom. The van der Waals surface area contributed by atoms with Crippen molar-refractivity contribution < 1.29 is 0 Å². The van der Waals surface area contributed by atoms with Crippen LogP contribution >= 0.6 is 0 Å². The Bertz CT molecular complexity index is 471. The molecule has 0 radical (unpaired) electrons. The van der Waals surface area contributed by atoms with Gasteiger partial charge in [0.05, 0.1) is 5.52 Å². The summed E-state index contributed by atoms with van der Waals surface area (Å²) in [6.07, 6.45) is 1.99. The second kappa shape index (κ2) is 4.61. The van der Waals surface area contributed by atoms with Crippen LogP contribution in [0.15, 0.2) is 12.1 Å². The summed E-state index contributed by atoms with van der Waals surface area (Å²) >= 11 is 0. The van der Waals surface area contributed by atoms with E-state index in [0.29, 0.717) is 12.5 Å². The molecule has 0 bridgehead atoms. The van der Waals surface area contributed by atoms with Gasteiger partial charge >= 0.3 is 0 Å². The van der Waals surface area contributed by atoms with Crippen LogP contribution in [0.25, 0.3) is 11.2 Å². The summed E-state index contributed by atoms with van der Waals surface area (Å²) in [4.78, 5) is 12.2. The minimum absolute atomic E-state index is 0.502. The average Bonchev–Trinajstić information content (AvgIpc) is 2.67. The molecule has 3 N–H and O–H groups in total. The monoisotopic (exact) mass is 218 g/mol. The number of aromatic nitrogens is 3. The van der Waals surface area contributed by atoms with Crippen LogP contribution in [-0.4, -0.2) is 21.5 Å². The van der Waals surface area contributed by atoms with E-state index in [1.54, 1.807) is 0 Å². The fourth-order valence-electron chi connectivity index (χ4n) is 1.80. The lowest BCUT2D eigenvalue weighted by Gasteiger charge is -2.08. The maximum Gasteiger partial charge on any atom is 0.177 e. The third-order valence-electron chi connectivity index (χ3n) is 2.93. The van der Waals surface area contributed by atoms with Crippen LogP contribution in [0.5, 0.6) is 0 Å². The molecule has 0 amide bonds. The SMILES string of the molecule is CCC(CN)Cc1nc2nc(C)ccc2[nH]1. The molecule has 2 rings (SSSR count). The van der Waals surface area contributed by atoms with Crippen LogP contribution in [0.3, 0.4) is 0 Å². The van der Waals surface area contributed by atoms with E-state index in [1.807, 2.05) is 19.1 Å². The van der Waals surface area contributed by atoms with Crippen LogP contribution in [0.2, 0.25) is 0 Å². The predicted molar refractivity (Wildman–Crippen MR) is 65.2 cm³/mol. The van der Waals surface area contributed by atoms with E-state index < -0.39 is 0 Å². The molecule has 0 fully saturated rings. The lowest BCUT2D eigenvalue weighted by molar-refractivity contribution is 0.508. The molecule has 16 heavy (non-hydrogen) atoms. The molecule has 1 unspecified atom stereocenters. The van der Waals surface area contributed by atoms with Gasteiger partial charge < -0.3 is 10.7 Å². The minimum atomic E-state index is 0.502. The molecule has 0 aromatic carbocycles. The molecular formula is C12H18N4. The highest BCUT2D eigenvalue weighted by Crippen LogP contribution is 2.13. The molecule has 2 aromatic rings. The molecule has 0 saturated carbocycles. The first-order valence-electron chi connectivity index (χ1n) is 5.75. The largest absolute Gasteiger partial charge is 0.341 e. The van der Waals surface area contributed by atoms with Crippen molar-refractivity contribution in [2.45, 2.75) is 26.7 Å². The number of hydrogen-bond acceptors (Lipinski definition) is 3. The van der Waals surface area contributed by atoms with E-state index in [4.69, 9.17) is 5.73 Å². The first-order valence-corrected chi connectivity index (χ1v) is 5.75. The molecule has 2 aromatic heterocycles. The number of pyridine rings is 1. The molecule has 4 nitrogen and oxygen atoms in total. The molecule has 0 spiro atoms. The van der Waals surface area contributed by atoms with Crippen molar-refractivity contribution in [1.29, 1.82) is 0 Å². The highest BCUT2D eigenvalue weighted by Gasteiger charge is 2.09. The maximum absolute atomic E-state index is 5.69. The van der Waals surface area contributed by atoms with E-state index in [1.165, 1.54) is 0 Å². The lowest BCUT2D eigenvalue weighted by atomic mass is 10.0. The Hall–Kier alpha value is -1.42. The summed E-state index contributed by atoms with van der Waals surface area (Å²) in [6, 6.07) is 4.02. The smallest absolute Gasteiger partial charge is 0.177 e. The number of nitrogens with one attached hydrogen (secondary N) is 1. The number of fused-ring (bicyclic) bond motifs is 1. The van der Waals surface area contributed by atoms with Gasteiger partial charge in [-0.25, -0.2) is 9.97 Å². The maximum atomic E-state index is 5.69. The van der Waals surface area contributed by atoms with Gasteiger partial charge in [0.1, 0.15) is 5.82 Å². The van der Waals surface area contributed by atoms with Gasteiger partial charge in [0.2, 0.25) is 0 Å². The van der Waals surface area contributed by atoms with Gasteiger partial charge in [0.25, 0.3) is 0 Å². The number of hydrogen-bond donors (Lipinski definition) is 2. The van der Waals surface area contributed by atoms with Crippen molar-refractivity contribution in [2.24, 2.45) is 11.7 Å². The summed E-state index contributed by atoms with van der Waals surface area (Å²) in [5.41, 5.74) is 8.50. The molecule has 86 valence electrons. The first kappa shape index (κ1) is 11.1. The van der Waals surface area contributed by atoms with Gasteiger partial charge in [-0.05, 0) is 31.5 Å². The van der Waals surface area contributed by atoms with Gasteiger partial charge in [-0.2, -0.15) is 0 Å². The Kier molecular flexibility index (Phi) is 3.19. The number of H-pyrrole nitrogens is 1. The fourth-order valence-corrected chi connectivity index (χ4v) is 1.80. The third-order valence-corrected chi connectivity index (χ3v) is 2.93. The molecule has 0 aliphatic carbocycles. The van der Waals surface area contributed by atoms with Crippen LogP contribution < -0.4 is 5.73 Å². The fraction of sp³-hybridized carbons (Fsp3) is 0.500. The van der Waals surface area contributed by atoms with Crippen LogP contribution in [0, 0.1) is 12.8 Å². The van der Waals surface area contributed by atoms with Crippen molar-refractivity contribution in [3.8, 4) is 0 Å². The van der Waals surface area contributed by atoms with Crippen molar-refractivity contribution >= 4 is 11.2 Å². The standard InChI is InChI=1S/C12H18N4/c1-3-9(7-13)6-11-15-10-5-4-8(2)14-12(10)16-11/h4-5,9H,3,6-7,13H2,1-2H3,(H,14,15,16). The molecule has 2 heterocycles. The summed E-state index contributed by atoms with van der Waals surface area (Å²) < 4.78 is 0. The van der Waals surface area contributed by atoms with Gasteiger partial charge in [0.15, 0.2) is 5.65 Å². The van der Waals surface area contributed by atoms with E-state index in [2.05, 4.69) is 21.9 Å². The summed E-state index contributed by atoms with van der Waals surface area (Å²) in [5, 5.41) is 0. The summed E-state index contributed by atoms with van der Waals surface area (Å²) in [7, 11) is 0. The van der Waals surface area contributed by atoms with Gasteiger partial charge in [-0.15, -0.1) is 0 Å². The van der Waals surface area contributed by atoms with Gasteiger partial charge in [-0.3, -0.25) is 0 Å². The summed E-state index contributed by atoms with van der Waals surface area (Å²) in [6.45, 7) is 4.84. The van der Waals surface area contributed by atoms with Crippen LogP contribution in [0.1, 0.15) is 24.9 Å². The minimum Gasteiger partial charge on any atom is -0.341 e. The third kappa shape index (κ3) is 2.22. The van der Waals surface area contributed by atoms with Crippen LogP contribution in [-0.2, 0) is 6.42 Å². The van der Waals surface area contributed by atoms with Gasteiger partial charge in [0, 0.05) is 12.1 Å². The van der Waals surface area contributed by atoms with E-state index >= 15 is 0 Å². The van der Waals surface area contributed by atoms with Crippen molar-refractivity contribution in [3.05, 3.63) is 23.7 Å². The molecule has 0 aliphatic heterocycles. The average molecular weight is 218 g/mol. The number of imidazole rings is 1. The zero-order valence-electron chi connectivity index (χ0n) is 9.83. The second-order valence-corrected chi connectivity index (χ2v) is 4.22. The number of nitrogens with zero attached hydrogens (tertiary/aromatic N) is 2. The van der Waals surface area contributed by atoms with Crippen molar-refractivity contribution in [2.75, 3.05) is 6.54 Å². The Balaban J connectivity index is 2.25. The Morgan fingerprint density at radius 1 is 1.38 bits per heavy atom. The molecule has 4 heteroatoms. The van der Waals surface area contributed by atoms with E-state index in [0.717, 1.165) is 35.5 Å². The lowest BCUT2D eigenvalue weighted by Crippen LogP contribution is -2.16. The molecule has 0 saturated heterocycles. The number of aryl methyl sites for hydroxylation is 1. The zero-order chi connectivity index (χ0) is 11.5. The van der Waals surface area contributed by atoms with E-state index in [9.17, 15) is 0 Å².